The van der Waals surface area contributed by atoms with E-state index in [1.807, 2.05) is 17.2 Å². The molecular formula is C21H22FN5S. The van der Waals surface area contributed by atoms with Crippen LogP contribution in [0.1, 0.15) is 25.8 Å². The molecule has 144 valence electrons. The van der Waals surface area contributed by atoms with Gasteiger partial charge in [-0.05, 0) is 44.1 Å². The monoisotopic (exact) mass is 395 g/mol. The molecule has 0 saturated carbocycles. The summed E-state index contributed by atoms with van der Waals surface area (Å²) >= 11 is 1.55. The molecule has 3 aliphatic heterocycles. The molecule has 7 heteroatoms. The van der Waals surface area contributed by atoms with Crippen LogP contribution in [-0.4, -0.2) is 41.9 Å². The number of aromatic nitrogens is 1. The van der Waals surface area contributed by atoms with Crippen molar-refractivity contribution < 1.29 is 4.39 Å². The minimum atomic E-state index is -0.286. The second-order valence-electron chi connectivity index (χ2n) is 7.46. The van der Waals surface area contributed by atoms with Gasteiger partial charge < -0.3 is 10.2 Å². The van der Waals surface area contributed by atoms with E-state index >= 15 is 0 Å². The summed E-state index contributed by atoms with van der Waals surface area (Å²) in [5.41, 5.74) is 5.52. The molecule has 1 aromatic carbocycles. The first-order chi connectivity index (χ1) is 13.6. The predicted molar refractivity (Wildman–Crippen MR) is 113 cm³/mol. The van der Waals surface area contributed by atoms with Gasteiger partial charge in [0.25, 0.3) is 0 Å². The summed E-state index contributed by atoms with van der Waals surface area (Å²) in [5, 5.41) is 10.9. The Kier molecular flexibility index (Phi) is 4.29. The molecule has 0 atom stereocenters. The van der Waals surface area contributed by atoms with Crippen molar-refractivity contribution in [1.29, 1.82) is 0 Å². The number of hydrogen-bond acceptors (Lipinski definition) is 6. The molecule has 5 rings (SSSR count). The number of piperazine rings is 1. The number of halogens is 1. The Morgan fingerprint density at radius 2 is 2.00 bits per heavy atom. The first-order valence-corrected chi connectivity index (χ1v) is 10.4. The van der Waals surface area contributed by atoms with E-state index in [9.17, 15) is 4.39 Å². The molecule has 0 amide bonds. The number of anilines is 1. The lowest BCUT2D eigenvalue weighted by Crippen LogP contribution is -2.43. The zero-order valence-corrected chi connectivity index (χ0v) is 16.8. The van der Waals surface area contributed by atoms with Crippen molar-refractivity contribution in [3.05, 3.63) is 58.7 Å². The van der Waals surface area contributed by atoms with Gasteiger partial charge in [0.2, 0.25) is 0 Å². The molecule has 1 N–H and O–H groups in total. The van der Waals surface area contributed by atoms with Gasteiger partial charge in [-0.25, -0.2) is 14.4 Å². The van der Waals surface area contributed by atoms with Gasteiger partial charge in [-0.1, -0.05) is 23.0 Å². The van der Waals surface area contributed by atoms with Crippen molar-refractivity contribution in [2.45, 2.75) is 20.3 Å². The Bertz CT molecular complexity index is 1070. The number of allylic oxidation sites excluding steroid dienone is 4. The molecule has 0 aliphatic carbocycles. The van der Waals surface area contributed by atoms with Crippen LogP contribution in [0.5, 0.6) is 0 Å². The predicted octanol–water partition coefficient (Wildman–Crippen LogP) is 4.00. The maximum absolute atomic E-state index is 14.9. The standard InChI is InChI=1S/C21H22FN5S/c1-13-3-4-18-14(2)9-17(25-27(18)12-13)15-10-16(22)20-19(11-15)28-21(24-20)26-7-5-23-6-8-26/h4,9-12,23H,3,5-8H2,1-2H3. The third-order valence-electron chi connectivity index (χ3n) is 5.30. The highest BCUT2D eigenvalue weighted by atomic mass is 32.1. The van der Waals surface area contributed by atoms with Crippen molar-refractivity contribution in [2.75, 3.05) is 31.1 Å². The Labute approximate surface area is 167 Å². The summed E-state index contributed by atoms with van der Waals surface area (Å²) < 4.78 is 15.7. The summed E-state index contributed by atoms with van der Waals surface area (Å²) in [6.45, 7) is 7.84. The normalized spacial score (nSPS) is 19.8. The van der Waals surface area contributed by atoms with Crippen molar-refractivity contribution in [3.63, 3.8) is 0 Å². The number of benzene rings is 1. The first kappa shape index (κ1) is 17.6. The third-order valence-corrected chi connectivity index (χ3v) is 6.36. The van der Waals surface area contributed by atoms with Gasteiger partial charge in [0, 0.05) is 37.9 Å². The molecule has 0 bridgehead atoms. The van der Waals surface area contributed by atoms with Crippen molar-refractivity contribution in [1.82, 2.24) is 15.3 Å². The number of rotatable bonds is 2. The van der Waals surface area contributed by atoms with Crippen molar-refractivity contribution in [2.24, 2.45) is 5.10 Å². The van der Waals surface area contributed by atoms with Crippen LogP contribution in [0, 0.1) is 5.82 Å². The van der Waals surface area contributed by atoms with Crippen molar-refractivity contribution in [3.8, 4) is 0 Å². The number of hydrogen-bond donors (Lipinski definition) is 1. The summed E-state index contributed by atoms with van der Waals surface area (Å²) in [6, 6.07) is 3.57. The number of nitrogens with zero attached hydrogens (tertiary/aromatic N) is 4. The summed E-state index contributed by atoms with van der Waals surface area (Å²) in [4.78, 5) is 6.79. The van der Waals surface area contributed by atoms with Crippen molar-refractivity contribution >= 4 is 32.4 Å². The zero-order chi connectivity index (χ0) is 19.3. The van der Waals surface area contributed by atoms with E-state index in [-0.39, 0.29) is 5.82 Å². The zero-order valence-electron chi connectivity index (χ0n) is 16.0. The highest BCUT2D eigenvalue weighted by Gasteiger charge is 2.22. The molecule has 1 fully saturated rings. The van der Waals surface area contributed by atoms with Crippen LogP contribution >= 0.6 is 11.3 Å². The fraction of sp³-hybridized carbons (Fsp3) is 0.333. The molecule has 0 spiro atoms. The fourth-order valence-electron chi connectivity index (χ4n) is 3.79. The lowest BCUT2D eigenvalue weighted by atomic mass is 10.0. The topological polar surface area (TPSA) is 43.8 Å². The molecule has 28 heavy (non-hydrogen) atoms. The van der Waals surface area contributed by atoms with Crippen LogP contribution in [0.3, 0.4) is 0 Å². The van der Waals surface area contributed by atoms with Crippen LogP contribution in [-0.2, 0) is 0 Å². The number of thiazole rings is 1. The molecule has 0 unspecified atom stereocenters. The Morgan fingerprint density at radius 1 is 1.18 bits per heavy atom. The van der Waals surface area contributed by atoms with Gasteiger partial charge in [-0.3, -0.25) is 0 Å². The van der Waals surface area contributed by atoms with E-state index in [4.69, 9.17) is 5.10 Å². The van der Waals surface area contributed by atoms with Gasteiger partial charge in [0.05, 0.1) is 16.1 Å². The second-order valence-corrected chi connectivity index (χ2v) is 8.47. The minimum Gasteiger partial charge on any atom is -0.346 e. The number of nitrogens with one attached hydrogen (secondary N) is 1. The average Bonchev–Trinajstić information content (AvgIpc) is 3.13. The fourth-order valence-corrected chi connectivity index (χ4v) is 4.86. The SMILES string of the molecule is CC1=CN2N=C(c3cc(F)c4nc(N5CCNCC5)sc4c3)C=C(C)C2=CC1. The van der Waals surface area contributed by atoms with Crippen LogP contribution in [0.25, 0.3) is 10.2 Å². The smallest absolute Gasteiger partial charge is 0.186 e. The molecule has 1 saturated heterocycles. The Balaban J connectivity index is 1.54. The van der Waals surface area contributed by atoms with Gasteiger partial charge >= 0.3 is 0 Å². The highest BCUT2D eigenvalue weighted by molar-refractivity contribution is 7.22. The summed E-state index contributed by atoms with van der Waals surface area (Å²) in [5.74, 6) is -0.286. The molecule has 1 aromatic heterocycles. The summed E-state index contributed by atoms with van der Waals surface area (Å²) in [6.07, 6.45) is 7.22. The largest absolute Gasteiger partial charge is 0.346 e. The third kappa shape index (κ3) is 3.04. The molecular weight excluding hydrogens is 373 g/mol. The Morgan fingerprint density at radius 3 is 2.82 bits per heavy atom. The second kappa shape index (κ2) is 6.83. The number of fused-ring (bicyclic) bond motifs is 2. The van der Waals surface area contributed by atoms with Gasteiger partial charge in [0.15, 0.2) is 10.9 Å². The van der Waals surface area contributed by atoms with E-state index in [0.29, 0.717) is 5.52 Å². The van der Waals surface area contributed by atoms with Gasteiger partial charge in [-0.2, -0.15) is 5.10 Å². The summed E-state index contributed by atoms with van der Waals surface area (Å²) in [7, 11) is 0. The first-order valence-electron chi connectivity index (χ1n) is 9.58. The van der Waals surface area contributed by atoms with Gasteiger partial charge in [0.1, 0.15) is 5.52 Å². The molecule has 4 heterocycles. The molecule has 2 aromatic rings. The lowest BCUT2D eigenvalue weighted by Gasteiger charge is -2.28. The van der Waals surface area contributed by atoms with Crippen LogP contribution in [0.15, 0.2) is 52.4 Å². The number of hydrazone groups is 1. The van der Waals surface area contributed by atoms with E-state index in [1.54, 1.807) is 17.4 Å². The van der Waals surface area contributed by atoms with E-state index in [0.717, 1.165) is 65.0 Å². The maximum atomic E-state index is 14.9. The van der Waals surface area contributed by atoms with Crippen LogP contribution in [0.2, 0.25) is 0 Å². The van der Waals surface area contributed by atoms with Gasteiger partial charge in [-0.15, -0.1) is 0 Å². The molecule has 0 radical (unpaired) electrons. The minimum absolute atomic E-state index is 0.286. The lowest BCUT2D eigenvalue weighted by molar-refractivity contribution is 0.485. The average molecular weight is 396 g/mol. The van der Waals surface area contributed by atoms with E-state index in [2.05, 4.69) is 41.3 Å². The quantitative estimate of drug-likeness (QED) is 0.835. The van der Waals surface area contributed by atoms with Crippen LogP contribution in [0.4, 0.5) is 9.52 Å². The molecule has 5 nitrogen and oxygen atoms in total. The van der Waals surface area contributed by atoms with E-state index < -0.39 is 0 Å². The Hall–Kier alpha value is -2.51. The van der Waals surface area contributed by atoms with E-state index in [1.165, 1.54) is 5.57 Å². The highest BCUT2D eigenvalue weighted by Crippen LogP contribution is 2.33. The maximum Gasteiger partial charge on any atom is 0.186 e. The molecule has 3 aliphatic rings. The van der Waals surface area contributed by atoms with Crippen LogP contribution < -0.4 is 10.2 Å².